The zero-order chi connectivity index (χ0) is 13.2. The third-order valence-corrected chi connectivity index (χ3v) is 3.21. The fourth-order valence-corrected chi connectivity index (χ4v) is 2.20. The summed E-state index contributed by atoms with van der Waals surface area (Å²) >= 11 is 0. The van der Waals surface area contributed by atoms with Gasteiger partial charge in [-0.25, -0.2) is 9.67 Å². The molecule has 19 heavy (non-hydrogen) atoms. The second kappa shape index (κ2) is 4.58. The molecular weight excluding hydrogens is 240 g/mol. The maximum Gasteiger partial charge on any atom is 0.228 e. The van der Waals surface area contributed by atoms with Crippen LogP contribution in [0.25, 0.3) is 5.69 Å². The molecule has 1 atom stereocenters. The highest BCUT2D eigenvalue weighted by atomic mass is 16.2. The molecule has 1 aliphatic heterocycles. The highest BCUT2D eigenvalue weighted by Gasteiger charge is 2.29. The van der Waals surface area contributed by atoms with Gasteiger partial charge in [-0.2, -0.15) is 5.10 Å². The van der Waals surface area contributed by atoms with Crippen molar-refractivity contribution in [3.63, 3.8) is 0 Å². The zero-order valence-electron chi connectivity index (χ0n) is 10.2. The smallest absolute Gasteiger partial charge is 0.228 e. The van der Waals surface area contributed by atoms with E-state index in [0.29, 0.717) is 13.0 Å². The predicted octanol–water partition coefficient (Wildman–Crippen LogP) is 1.25. The molecule has 0 bridgehead atoms. The van der Waals surface area contributed by atoms with Gasteiger partial charge in [-0.3, -0.25) is 4.79 Å². The maximum atomic E-state index is 11.9. The molecule has 1 aromatic heterocycles. The van der Waals surface area contributed by atoms with Gasteiger partial charge in [0.1, 0.15) is 12.7 Å². The summed E-state index contributed by atoms with van der Waals surface area (Å²) in [5.41, 5.74) is 1.77. The van der Waals surface area contributed by atoms with Crippen molar-refractivity contribution in [1.29, 1.82) is 0 Å². The topological polar surface area (TPSA) is 51.0 Å². The molecule has 3 rings (SSSR count). The van der Waals surface area contributed by atoms with Crippen LogP contribution in [0, 0.1) is 18.3 Å². The number of anilines is 1. The lowest BCUT2D eigenvalue weighted by Gasteiger charge is -2.16. The van der Waals surface area contributed by atoms with Crippen LogP contribution in [0.2, 0.25) is 0 Å². The van der Waals surface area contributed by atoms with Crippen molar-refractivity contribution in [2.45, 2.75) is 6.42 Å². The van der Waals surface area contributed by atoms with E-state index in [2.05, 4.69) is 16.0 Å². The molecular formula is C14H12N4O. The highest BCUT2D eigenvalue weighted by molar-refractivity contribution is 5.96. The molecule has 0 N–H and O–H groups in total. The fourth-order valence-electron chi connectivity index (χ4n) is 2.20. The summed E-state index contributed by atoms with van der Waals surface area (Å²) in [6, 6.07) is 7.60. The third-order valence-electron chi connectivity index (χ3n) is 3.21. The van der Waals surface area contributed by atoms with Crippen molar-refractivity contribution in [3.8, 4) is 18.0 Å². The van der Waals surface area contributed by atoms with Crippen LogP contribution in [0.3, 0.4) is 0 Å². The van der Waals surface area contributed by atoms with E-state index in [1.807, 2.05) is 24.3 Å². The van der Waals surface area contributed by atoms with Crippen LogP contribution in [0.1, 0.15) is 6.42 Å². The molecule has 1 aliphatic rings. The first-order valence-corrected chi connectivity index (χ1v) is 5.99. The van der Waals surface area contributed by atoms with E-state index in [-0.39, 0.29) is 11.8 Å². The average molecular weight is 252 g/mol. The van der Waals surface area contributed by atoms with Gasteiger partial charge in [-0.05, 0) is 24.3 Å². The molecule has 2 aromatic rings. The minimum Gasteiger partial charge on any atom is -0.311 e. The Morgan fingerprint density at radius 2 is 2.00 bits per heavy atom. The van der Waals surface area contributed by atoms with Crippen molar-refractivity contribution in [1.82, 2.24) is 14.8 Å². The van der Waals surface area contributed by atoms with Crippen LogP contribution in [0.15, 0.2) is 36.9 Å². The number of carbonyl (C=O) groups is 1. The Kier molecular flexibility index (Phi) is 2.76. The van der Waals surface area contributed by atoms with Gasteiger partial charge in [-0.15, -0.1) is 12.3 Å². The zero-order valence-corrected chi connectivity index (χ0v) is 10.2. The molecule has 5 heteroatoms. The minimum atomic E-state index is 0.0162. The molecule has 1 aromatic carbocycles. The van der Waals surface area contributed by atoms with Gasteiger partial charge in [0.25, 0.3) is 0 Å². The van der Waals surface area contributed by atoms with Gasteiger partial charge >= 0.3 is 0 Å². The first-order valence-electron chi connectivity index (χ1n) is 5.99. The van der Waals surface area contributed by atoms with Gasteiger partial charge in [0.15, 0.2) is 0 Å². The number of rotatable bonds is 2. The quantitative estimate of drug-likeness (QED) is 0.756. The molecule has 1 fully saturated rings. The minimum absolute atomic E-state index is 0.0162. The average Bonchev–Trinajstić information content (AvgIpc) is 3.08. The maximum absolute atomic E-state index is 11.9. The molecule has 2 heterocycles. The monoisotopic (exact) mass is 252 g/mol. The lowest BCUT2D eigenvalue weighted by atomic mass is 10.1. The van der Waals surface area contributed by atoms with E-state index in [4.69, 9.17) is 6.42 Å². The molecule has 0 radical (unpaired) electrons. The van der Waals surface area contributed by atoms with Crippen molar-refractivity contribution >= 4 is 11.6 Å². The Hall–Kier alpha value is -2.61. The van der Waals surface area contributed by atoms with Crippen LogP contribution >= 0.6 is 0 Å². The molecule has 0 saturated carbocycles. The van der Waals surface area contributed by atoms with Crippen LogP contribution in [0.4, 0.5) is 5.69 Å². The fraction of sp³-hybridized carbons (Fsp3) is 0.214. The number of carbonyl (C=O) groups excluding carboxylic acids is 1. The van der Waals surface area contributed by atoms with Crippen LogP contribution in [-0.2, 0) is 4.79 Å². The molecule has 1 amide bonds. The first-order chi connectivity index (χ1) is 9.28. The van der Waals surface area contributed by atoms with Crippen molar-refractivity contribution in [2.75, 3.05) is 11.4 Å². The molecule has 5 nitrogen and oxygen atoms in total. The lowest BCUT2D eigenvalue weighted by molar-refractivity contribution is -0.117. The Bertz CT molecular complexity index is 624. The molecule has 94 valence electrons. The molecule has 1 unspecified atom stereocenters. The first kappa shape index (κ1) is 11.5. The summed E-state index contributed by atoms with van der Waals surface area (Å²) in [7, 11) is 0. The second-order valence-corrected chi connectivity index (χ2v) is 4.43. The SMILES string of the molecule is C#CC1CC(=O)N(c2ccc(-n3cncn3)cc2)C1. The molecule has 0 aliphatic carbocycles. The van der Waals surface area contributed by atoms with E-state index in [9.17, 15) is 4.79 Å². The summed E-state index contributed by atoms with van der Waals surface area (Å²) in [6.07, 6.45) is 8.92. The number of nitrogens with zero attached hydrogens (tertiary/aromatic N) is 4. The Morgan fingerprint density at radius 3 is 2.58 bits per heavy atom. The van der Waals surface area contributed by atoms with E-state index in [0.717, 1.165) is 11.4 Å². The van der Waals surface area contributed by atoms with Gasteiger partial charge < -0.3 is 4.90 Å². The van der Waals surface area contributed by atoms with E-state index >= 15 is 0 Å². The van der Waals surface area contributed by atoms with Crippen LogP contribution < -0.4 is 4.90 Å². The highest BCUT2D eigenvalue weighted by Crippen LogP contribution is 2.25. The van der Waals surface area contributed by atoms with Gasteiger partial charge in [0.05, 0.1) is 5.69 Å². The second-order valence-electron chi connectivity index (χ2n) is 4.43. The van der Waals surface area contributed by atoms with Gasteiger partial charge in [0.2, 0.25) is 5.91 Å². The molecule has 0 spiro atoms. The van der Waals surface area contributed by atoms with Gasteiger partial charge in [-0.1, -0.05) is 0 Å². The number of benzene rings is 1. The number of aromatic nitrogens is 3. The Balaban J connectivity index is 1.84. The normalized spacial score (nSPS) is 18.6. The van der Waals surface area contributed by atoms with Crippen molar-refractivity contribution in [2.24, 2.45) is 5.92 Å². The summed E-state index contributed by atoms with van der Waals surface area (Å²) in [5, 5.41) is 4.05. The Labute approximate surface area is 110 Å². The van der Waals surface area contributed by atoms with Crippen molar-refractivity contribution < 1.29 is 4.79 Å². The summed E-state index contributed by atoms with van der Waals surface area (Å²) in [5.74, 6) is 2.74. The van der Waals surface area contributed by atoms with E-state index < -0.39 is 0 Å². The van der Waals surface area contributed by atoms with Crippen LogP contribution in [0.5, 0.6) is 0 Å². The number of hydrogen-bond donors (Lipinski definition) is 0. The Morgan fingerprint density at radius 1 is 1.26 bits per heavy atom. The van der Waals surface area contributed by atoms with Crippen LogP contribution in [-0.4, -0.2) is 27.2 Å². The standard InChI is InChI=1S/C14H12N4O/c1-2-11-7-14(19)17(8-11)12-3-5-13(6-4-12)18-10-15-9-16-18/h1,3-6,9-11H,7-8H2. The third kappa shape index (κ3) is 2.08. The predicted molar refractivity (Wildman–Crippen MR) is 70.7 cm³/mol. The largest absolute Gasteiger partial charge is 0.311 e. The molecule has 1 saturated heterocycles. The van der Waals surface area contributed by atoms with E-state index in [1.165, 1.54) is 6.33 Å². The van der Waals surface area contributed by atoms with Crippen molar-refractivity contribution in [3.05, 3.63) is 36.9 Å². The van der Waals surface area contributed by atoms with Gasteiger partial charge in [0, 0.05) is 24.6 Å². The summed E-state index contributed by atoms with van der Waals surface area (Å²) in [6.45, 7) is 0.595. The summed E-state index contributed by atoms with van der Waals surface area (Å²) in [4.78, 5) is 17.5. The number of terminal acetylenes is 1. The lowest BCUT2D eigenvalue weighted by Crippen LogP contribution is -2.24. The van der Waals surface area contributed by atoms with E-state index in [1.54, 1.807) is 15.9 Å². The number of amides is 1. The summed E-state index contributed by atoms with van der Waals surface area (Å²) < 4.78 is 1.67. The number of hydrogen-bond acceptors (Lipinski definition) is 3.